The summed E-state index contributed by atoms with van der Waals surface area (Å²) >= 11 is 0. The molecule has 0 atom stereocenters. The van der Waals surface area contributed by atoms with Gasteiger partial charge < -0.3 is 5.32 Å². The van der Waals surface area contributed by atoms with Gasteiger partial charge in [-0.25, -0.2) is 13.8 Å². The van der Waals surface area contributed by atoms with E-state index in [4.69, 9.17) is 0 Å². The van der Waals surface area contributed by atoms with Gasteiger partial charge in [0.05, 0.1) is 6.20 Å². The molecule has 17 heavy (non-hydrogen) atoms. The van der Waals surface area contributed by atoms with Gasteiger partial charge in [-0.2, -0.15) is 0 Å². The van der Waals surface area contributed by atoms with Crippen molar-refractivity contribution in [1.29, 1.82) is 0 Å². The van der Waals surface area contributed by atoms with Crippen LogP contribution in [-0.2, 0) is 0 Å². The third-order valence-corrected chi connectivity index (χ3v) is 2.08. The van der Waals surface area contributed by atoms with Gasteiger partial charge in [-0.3, -0.25) is 4.79 Å². The van der Waals surface area contributed by atoms with Crippen LogP contribution >= 0.6 is 0 Å². The van der Waals surface area contributed by atoms with Crippen LogP contribution in [0.3, 0.4) is 0 Å². The second kappa shape index (κ2) is 4.69. The van der Waals surface area contributed by atoms with Crippen LogP contribution in [0.15, 0.2) is 42.6 Å². The van der Waals surface area contributed by atoms with Crippen LogP contribution in [0.5, 0.6) is 0 Å². The number of nitrogens with zero attached hydrogens (tertiary/aromatic N) is 1. The number of nitrogens with one attached hydrogen (secondary N) is 1. The highest BCUT2D eigenvalue weighted by atomic mass is 19.1. The number of carbonyl (C=O) groups excluding carboxylic acids is 1. The summed E-state index contributed by atoms with van der Waals surface area (Å²) in [6.45, 7) is 0. The van der Waals surface area contributed by atoms with E-state index in [1.54, 1.807) is 30.3 Å². The molecule has 0 bridgehead atoms. The zero-order valence-corrected chi connectivity index (χ0v) is 8.65. The Balaban J connectivity index is 2.19. The van der Waals surface area contributed by atoms with Crippen LogP contribution in [-0.4, -0.2) is 10.9 Å². The molecule has 0 saturated heterocycles. The van der Waals surface area contributed by atoms with Gasteiger partial charge >= 0.3 is 0 Å². The molecule has 2 aromatic rings. The van der Waals surface area contributed by atoms with Gasteiger partial charge in [0, 0.05) is 11.6 Å². The number of halogens is 2. The highest BCUT2D eigenvalue weighted by Gasteiger charge is 2.10. The third-order valence-electron chi connectivity index (χ3n) is 2.08. The molecule has 3 nitrogen and oxygen atoms in total. The summed E-state index contributed by atoms with van der Waals surface area (Å²) in [5, 5.41) is 2.26. The first-order valence-electron chi connectivity index (χ1n) is 4.84. The average molecular weight is 234 g/mol. The Kier molecular flexibility index (Phi) is 3.09. The van der Waals surface area contributed by atoms with Gasteiger partial charge in [0.1, 0.15) is 5.82 Å². The summed E-state index contributed by atoms with van der Waals surface area (Å²) in [7, 11) is 0. The maximum absolute atomic E-state index is 13.2. The quantitative estimate of drug-likeness (QED) is 0.867. The van der Waals surface area contributed by atoms with Crippen molar-refractivity contribution in [2.45, 2.75) is 0 Å². The molecule has 1 amide bonds. The lowest BCUT2D eigenvalue weighted by molar-refractivity contribution is 0.102. The SMILES string of the molecule is O=C(Nc1ncc(F)cc1F)c1ccccc1. The molecule has 2 rings (SSSR count). The van der Waals surface area contributed by atoms with Crippen molar-refractivity contribution in [2.24, 2.45) is 0 Å². The molecule has 1 aromatic carbocycles. The Hall–Kier alpha value is -2.30. The molecule has 1 aromatic heterocycles. The summed E-state index contributed by atoms with van der Waals surface area (Å²) in [6.07, 6.45) is 0.837. The summed E-state index contributed by atoms with van der Waals surface area (Å²) in [6, 6.07) is 8.95. The first-order chi connectivity index (χ1) is 8.16. The van der Waals surface area contributed by atoms with Crippen LogP contribution in [0.25, 0.3) is 0 Å². The Morgan fingerprint density at radius 3 is 2.53 bits per heavy atom. The van der Waals surface area contributed by atoms with Crippen molar-refractivity contribution in [3.8, 4) is 0 Å². The zero-order valence-electron chi connectivity index (χ0n) is 8.65. The highest BCUT2D eigenvalue weighted by molar-refractivity contribution is 6.03. The predicted octanol–water partition coefficient (Wildman–Crippen LogP) is 2.61. The number of amides is 1. The minimum Gasteiger partial charge on any atom is -0.304 e. The maximum atomic E-state index is 13.2. The molecular formula is C12H8F2N2O. The van der Waals surface area contributed by atoms with Gasteiger partial charge in [-0.15, -0.1) is 0 Å². The lowest BCUT2D eigenvalue weighted by Gasteiger charge is -2.04. The van der Waals surface area contributed by atoms with E-state index in [1.165, 1.54) is 0 Å². The number of aromatic nitrogens is 1. The molecular weight excluding hydrogens is 226 g/mol. The summed E-state index contributed by atoms with van der Waals surface area (Å²) < 4.78 is 25.8. The van der Waals surface area contributed by atoms with E-state index in [2.05, 4.69) is 10.3 Å². The van der Waals surface area contributed by atoms with Gasteiger partial charge in [-0.05, 0) is 12.1 Å². The third kappa shape index (κ3) is 2.63. The van der Waals surface area contributed by atoms with E-state index in [0.717, 1.165) is 6.20 Å². The average Bonchev–Trinajstić information content (AvgIpc) is 2.34. The van der Waals surface area contributed by atoms with Crippen LogP contribution < -0.4 is 5.32 Å². The number of hydrogen-bond acceptors (Lipinski definition) is 2. The molecule has 86 valence electrons. The Labute approximate surface area is 96.1 Å². The molecule has 0 unspecified atom stereocenters. The van der Waals surface area contributed by atoms with Gasteiger partial charge in [0.15, 0.2) is 11.6 Å². The fraction of sp³-hybridized carbons (Fsp3) is 0. The lowest BCUT2D eigenvalue weighted by Crippen LogP contribution is -2.14. The largest absolute Gasteiger partial charge is 0.304 e. The molecule has 0 aliphatic heterocycles. The Bertz CT molecular complexity index is 543. The van der Waals surface area contributed by atoms with Crippen molar-refractivity contribution in [3.63, 3.8) is 0 Å². The molecule has 0 saturated carbocycles. The van der Waals surface area contributed by atoms with E-state index < -0.39 is 17.5 Å². The number of carbonyl (C=O) groups is 1. The number of benzene rings is 1. The minimum atomic E-state index is -0.908. The van der Waals surface area contributed by atoms with Gasteiger partial charge in [-0.1, -0.05) is 18.2 Å². The standard InChI is InChI=1S/C12H8F2N2O/c13-9-6-10(14)11(15-7-9)16-12(17)8-4-2-1-3-5-8/h1-7H,(H,15,16,17). The Morgan fingerprint density at radius 1 is 1.18 bits per heavy atom. The number of pyridine rings is 1. The van der Waals surface area contributed by atoms with Crippen molar-refractivity contribution in [2.75, 3.05) is 5.32 Å². The van der Waals surface area contributed by atoms with Crippen LogP contribution in [0, 0.1) is 11.6 Å². The van der Waals surface area contributed by atoms with Gasteiger partial charge in [0.25, 0.3) is 5.91 Å². The smallest absolute Gasteiger partial charge is 0.256 e. The van der Waals surface area contributed by atoms with Crippen LogP contribution in [0.1, 0.15) is 10.4 Å². The molecule has 1 heterocycles. The monoisotopic (exact) mass is 234 g/mol. The van der Waals surface area contributed by atoms with E-state index in [9.17, 15) is 13.6 Å². The molecule has 1 N–H and O–H groups in total. The summed E-state index contributed by atoms with van der Waals surface area (Å²) in [5.74, 6) is -2.49. The van der Waals surface area contributed by atoms with Crippen molar-refractivity contribution in [1.82, 2.24) is 4.98 Å². The number of hydrogen-bond donors (Lipinski definition) is 1. The fourth-order valence-electron chi connectivity index (χ4n) is 1.28. The van der Waals surface area contributed by atoms with Crippen LogP contribution in [0.2, 0.25) is 0 Å². The van der Waals surface area contributed by atoms with E-state index in [0.29, 0.717) is 11.6 Å². The lowest BCUT2D eigenvalue weighted by atomic mass is 10.2. The molecule has 0 aliphatic carbocycles. The zero-order chi connectivity index (χ0) is 12.3. The minimum absolute atomic E-state index is 0.291. The maximum Gasteiger partial charge on any atom is 0.256 e. The van der Waals surface area contributed by atoms with Gasteiger partial charge in [0.2, 0.25) is 0 Å². The van der Waals surface area contributed by atoms with Crippen molar-refractivity contribution in [3.05, 3.63) is 59.8 Å². The fourth-order valence-corrected chi connectivity index (χ4v) is 1.28. The van der Waals surface area contributed by atoms with Crippen molar-refractivity contribution < 1.29 is 13.6 Å². The van der Waals surface area contributed by atoms with E-state index in [-0.39, 0.29) is 5.82 Å². The van der Waals surface area contributed by atoms with E-state index >= 15 is 0 Å². The molecule has 0 fully saturated rings. The second-order valence-corrected chi connectivity index (χ2v) is 3.30. The first kappa shape index (κ1) is 11.2. The number of rotatable bonds is 2. The summed E-state index contributed by atoms with van der Waals surface area (Å²) in [4.78, 5) is 15.1. The first-order valence-corrected chi connectivity index (χ1v) is 4.84. The van der Waals surface area contributed by atoms with Crippen LogP contribution in [0.4, 0.5) is 14.6 Å². The topological polar surface area (TPSA) is 42.0 Å². The highest BCUT2D eigenvalue weighted by Crippen LogP contribution is 2.12. The predicted molar refractivity (Wildman–Crippen MR) is 58.5 cm³/mol. The number of anilines is 1. The van der Waals surface area contributed by atoms with Crippen molar-refractivity contribution >= 4 is 11.7 Å². The molecule has 0 spiro atoms. The van der Waals surface area contributed by atoms with E-state index in [1.807, 2.05) is 0 Å². The normalized spacial score (nSPS) is 10.0. The Morgan fingerprint density at radius 2 is 1.88 bits per heavy atom. The molecule has 0 aliphatic rings. The molecule has 0 radical (unpaired) electrons. The molecule has 5 heteroatoms. The second-order valence-electron chi connectivity index (χ2n) is 3.30. The summed E-state index contributed by atoms with van der Waals surface area (Å²) in [5.41, 5.74) is 0.373.